The molecule has 0 spiro atoms. The van der Waals surface area contributed by atoms with Crippen molar-refractivity contribution in [2.45, 2.75) is 55.6 Å². The largest absolute Gasteiger partial charge is 0.121 e. The van der Waals surface area contributed by atoms with Crippen molar-refractivity contribution in [1.82, 2.24) is 0 Å². The van der Waals surface area contributed by atoms with Gasteiger partial charge in [0.25, 0.3) is 0 Å². The molecule has 0 amide bonds. The first-order valence-electron chi connectivity index (χ1n) is 9.05. The van der Waals surface area contributed by atoms with Crippen LogP contribution in [-0.2, 0) is 6.42 Å². The van der Waals surface area contributed by atoms with Crippen LogP contribution in [0.2, 0.25) is 0 Å². The number of aryl methyl sites for hydroxylation is 1. The summed E-state index contributed by atoms with van der Waals surface area (Å²) >= 11 is 2.14. The molecule has 2 unspecified atom stereocenters. The Labute approximate surface area is 144 Å². The molecule has 5 atom stereocenters. The van der Waals surface area contributed by atoms with Crippen LogP contribution in [0.3, 0.4) is 0 Å². The SMILES string of the molecule is CCCc1cccc([C@H]2C3Sc4ccccc4C3[C@@H](C)[C@H]2C)c1. The van der Waals surface area contributed by atoms with Gasteiger partial charge in [-0.2, -0.15) is 0 Å². The van der Waals surface area contributed by atoms with Gasteiger partial charge in [-0.1, -0.05) is 69.7 Å². The Balaban J connectivity index is 1.72. The molecule has 120 valence electrons. The average Bonchev–Trinajstić information content (AvgIpc) is 3.04. The highest BCUT2D eigenvalue weighted by Gasteiger charge is 2.51. The second-order valence-corrected chi connectivity index (χ2v) is 8.60. The topological polar surface area (TPSA) is 0 Å². The van der Waals surface area contributed by atoms with E-state index in [4.69, 9.17) is 0 Å². The minimum Gasteiger partial charge on any atom is -0.121 e. The predicted molar refractivity (Wildman–Crippen MR) is 100 cm³/mol. The highest BCUT2D eigenvalue weighted by atomic mass is 32.2. The molecule has 1 aliphatic carbocycles. The van der Waals surface area contributed by atoms with Crippen molar-refractivity contribution in [3.05, 3.63) is 65.2 Å². The van der Waals surface area contributed by atoms with Crippen molar-refractivity contribution in [3.63, 3.8) is 0 Å². The summed E-state index contributed by atoms with van der Waals surface area (Å²) in [6.07, 6.45) is 2.43. The quantitative estimate of drug-likeness (QED) is 0.642. The van der Waals surface area contributed by atoms with Crippen molar-refractivity contribution in [2.75, 3.05) is 0 Å². The predicted octanol–water partition coefficient (Wildman–Crippen LogP) is 6.27. The molecule has 4 rings (SSSR count). The summed E-state index contributed by atoms with van der Waals surface area (Å²) in [4.78, 5) is 1.52. The second-order valence-electron chi connectivity index (χ2n) is 7.39. The zero-order valence-electron chi connectivity index (χ0n) is 14.3. The van der Waals surface area contributed by atoms with Crippen molar-refractivity contribution in [3.8, 4) is 0 Å². The molecule has 1 aliphatic heterocycles. The average molecular weight is 323 g/mol. The molecule has 1 heteroatoms. The van der Waals surface area contributed by atoms with E-state index in [0.717, 1.165) is 17.8 Å². The van der Waals surface area contributed by atoms with Crippen LogP contribution in [-0.4, -0.2) is 5.25 Å². The Morgan fingerprint density at radius 2 is 1.70 bits per heavy atom. The fourth-order valence-electron chi connectivity index (χ4n) is 4.83. The lowest BCUT2D eigenvalue weighted by atomic mass is 9.85. The summed E-state index contributed by atoms with van der Waals surface area (Å²) in [5, 5.41) is 0.717. The molecule has 1 saturated carbocycles. The van der Waals surface area contributed by atoms with Gasteiger partial charge in [0.05, 0.1) is 0 Å². The zero-order valence-corrected chi connectivity index (χ0v) is 15.1. The monoisotopic (exact) mass is 322 g/mol. The van der Waals surface area contributed by atoms with Crippen LogP contribution in [0.5, 0.6) is 0 Å². The summed E-state index contributed by atoms with van der Waals surface area (Å²) < 4.78 is 0. The molecule has 2 aliphatic rings. The van der Waals surface area contributed by atoms with Crippen molar-refractivity contribution >= 4 is 11.8 Å². The van der Waals surface area contributed by atoms with E-state index in [1.54, 1.807) is 11.1 Å². The molecule has 23 heavy (non-hydrogen) atoms. The van der Waals surface area contributed by atoms with Crippen LogP contribution in [0.4, 0.5) is 0 Å². The third kappa shape index (κ3) is 2.45. The molecule has 0 aromatic heterocycles. The zero-order chi connectivity index (χ0) is 16.0. The number of rotatable bonds is 3. The van der Waals surface area contributed by atoms with Crippen molar-refractivity contribution in [1.29, 1.82) is 0 Å². The Kier molecular flexibility index (Phi) is 4.01. The fourth-order valence-corrected chi connectivity index (χ4v) is 6.71. The lowest BCUT2D eigenvalue weighted by Gasteiger charge is -2.23. The molecule has 1 heterocycles. The van der Waals surface area contributed by atoms with Gasteiger partial charge in [0.15, 0.2) is 0 Å². The van der Waals surface area contributed by atoms with Gasteiger partial charge in [0.1, 0.15) is 0 Å². The van der Waals surface area contributed by atoms with Crippen LogP contribution in [0, 0.1) is 11.8 Å². The molecular weight excluding hydrogens is 296 g/mol. The Bertz CT molecular complexity index is 705. The summed E-state index contributed by atoms with van der Waals surface area (Å²) in [7, 11) is 0. The van der Waals surface area contributed by atoms with Gasteiger partial charge < -0.3 is 0 Å². The molecule has 0 bridgehead atoms. The third-order valence-electron chi connectivity index (χ3n) is 6.09. The Morgan fingerprint density at radius 1 is 0.913 bits per heavy atom. The first-order chi connectivity index (χ1) is 11.2. The summed E-state index contributed by atoms with van der Waals surface area (Å²) in [6.45, 7) is 7.22. The van der Waals surface area contributed by atoms with Gasteiger partial charge >= 0.3 is 0 Å². The van der Waals surface area contributed by atoms with E-state index >= 15 is 0 Å². The third-order valence-corrected chi connectivity index (χ3v) is 7.57. The maximum atomic E-state index is 2.49. The first-order valence-corrected chi connectivity index (χ1v) is 9.93. The van der Waals surface area contributed by atoms with Gasteiger partial charge in [0, 0.05) is 16.1 Å². The number of fused-ring (bicyclic) bond motifs is 3. The molecule has 2 aromatic carbocycles. The molecule has 0 nitrogen and oxygen atoms in total. The van der Waals surface area contributed by atoms with E-state index in [2.05, 4.69) is 81.1 Å². The number of hydrogen-bond acceptors (Lipinski definition) is 1. The van der Waals surface area contributed by atoms with Crippen LogP contribution >= 0.6 is 11.8 Å². The Hall–Kier alpha value is -1.21. The lowest BCUT2D eigenvalue weighted by Crippen LogP contribution is -2.14. The van der Waals surface area contributed by atoms with E-state index < -0.39 is 0 Å². The number of benzene rings is 2. The summed E-state index contributed by atoms with van der Waals surface area (Å²) in [5.41, 5.74) is 4.69. The van der Waals surface area contributed by atoms with Gasteiger partial charge in [-0.05, 0) is 46.9 Å². The lowest BCUT2D eigenvalue weighted by molar-refractivity contribution is 0.400. The van der Waals surface area contributed by atoms with Gasteiger partial charge in [-0.15, -0.1) is 11.8 Å². The molecule has 0 N–H and O–H groups in total. The molecule has 0 radical (unpaired) electrons. The maximum absolute atomic E-state index is 2.49. The second kappa shape index (κ2) is 6.02. The molecule has 0 saturated heterocycles. The van der Waals surface area contributed by atoms with Crippen molar-refractivity contribution in [2.24, 2.45) is 11.8 Å². The van der Waals surface area contributed by atoms with Gasteiger partial charge in [-0.3, -0.25) is 0 Å². The van der Waals surface area contributed by atoms with E-state index in [1.807, 2.05) is 0 Å². The summed E-state index contributed by atoms with van der Waals surface area (Å²) in [6, 6.07) is 18.5. The first kappa shape index (κ1) is 15.3. The molecule has 2 aromatic rings. The van der Waals surface area contributed by atoms with E-state index in [9.17, 15) is 0 Å². The van der Waals surface area contributed by atoms with Crippen molar-refractivity contribution < 1.29 is 0 Å². The Morgan fingerprint density at radius 3 is 2.52 bits per heavy atom. The molecule has 1 fully saturated rings. The number of hydrogen-bond donors (Lipinski definition) is 0. The van der Waals surface area contributed by atoms with E-state index in [-0.39, 0.29) is 0 Å². The number of thioether (sulfide) groups is 1. The molecular formula is C22H26S. The fraction of sp³-hybridized carbons (Fsp3) is 0.455. The highest BCUT2D eigenvalue weighted by molar-refractivity contribution is 8.00. The minimum absolute atomic E-state index is 0.684. The normalized spacial score (nSPS) is 31.9. The minimum atomic E-state index is 0.684. The van der Waals surface area contributed by atoms with E-state index in [1.165, 1.54) is 23.3 Å². The smallest absolute Gasteiger partial charge is 0.0238 e. The van der Waals surface area contributed by atoms with Crippen LogP contribution in [0.1, 0.15) is 55.7 Å². The highest BCUT2D eigenvalue weighted by Crippen LogP contribution is 2.62. The maximum Gasteiger partial charge on any atom is 0.0238 e. The standard InChI is InChI=1S/C22H26S/c1-4-8-16-9-7-10-17(13-16)20-14(2)15(3)21-18-11-5-6-12-19(18)23-22(20)21/h5-7,9-15,20-22H,4,8H2,1-3H3/t14-,15+,20+,21?,22?/m1/s1. The van der Waals surface area contributed by atoms with Crippen LogP contribution in [0.15, 0.2) is 53.4 Å². The van der Waals surface area contributed by atoms with E-state index in [0.29, 0.717) is 11.2 Å². The van der Waals surface area contributed by atoms with Crippen LogP contribution in [0.25, 0.3) is 0 Å². The van der Waals surface area contributed by atoms with Gasteiger partial charge in [0.2, 0.25) is 0 Å². The van der Waals surface area contributed by atoms with Gasteiger partial charge in [-0.25, -0.2) is 0 Å². The summed E-state index contributed by atoms with van der Waals surface area (Å²) in [5.74, 6) is 2.92. The van der Waals surface area contributed by atoms with Crippen LogP contribution < -0.4 is 0 Å².